The normalized spacial score (nSPS) is 37.5. The Morgan fingerprint density at radius 2 is 1.08 bits per heavy atom. The highest BCUT2D eigenvalue weighted by Gasteiger charge is 2.50. The third kappa shape index (κ3) is 5.28. The van der Waals surface area contributed by atoms with Crippen LogP contribution in [0.1, 0.15) is 91.9 Å². The Hall–Kier alpha value is -2.64. The second-order valence-corrected chi connectivity index (χ2v) is 11.9. The Bertz CT molecular complexity index is 986. The van der Waals surface area contributed by atoms with Crippen molar-refractivity contribution in [3.8, 4) is 0 Å². The van der Waals surface area contributed by atoms with E-state index in [1.54, 1.807) is 0 Å². The molecule has 6 rings (SSSR count). The fraction of sp³-hybridized carbons (Fsp3) is 0.733. The highest BCUT2D eigenvalue weighted by Crippen LogP contribution is 2.50. The average Bonchev–Trinajstić information content (AvgIpc) is 2.84. The number of hydrogen-bond donors (Lipinski definition) is 0. The quantitative estimate of drug-likeness (QED) is 0.288. The van der Waals surface area contributed by atoms with Crippen LogP contribution < -0.4 is 0 Å². The second kappa shape index (κ2) is 10.9. The van der Waals surface area contributed by atoms with Crippen molar-refractivity contribution in [1.29, 1.82) is 0 Å². The van der Waals surface area contributed by atoms with Gasteiger partial charge in [0.05, 0.1) is 12.8 Å². The number of carbonyl (C=O) groups excluding carboxylic acids is 4. The number of rotatable bonds is 2. The molecular formula is C30H40O8. The molecule has 8 nitrogen and oxygen atoms in total. The lowest BCUT2D eigenvalue weighted by Crippen LogP contribution is -2.49. The van der Waals surface area contributed by atoms with Gasteiger partial charge >= 0.3 is 23.9 Å². The predicted molar refractivity (Wildman–Crippen MR) is 136 cm³/mol. The van der Waals surface area contributed by atoms with Gasteiger partial charge < -0.3 is 18.9 Å². The molecule has 38 heavy (non-hydrogen) atoms. The summed E-state index contributed by atoms with van der Waals surface area (Å²) >= 11 is 0. The summed E-state index contributed by atoms with van der Waals surface area (Å²) in [6, 6.07) is 0. The number of carbonyl (C=O) groups is 4. The minimum atomic E-state index is -0.257. The van der Waals surface area contributed by atoms with Gasteiger partial charge in [-0.3, -0.25) is 19.2 Å². The largest absolute Gasteiger partial charge is 0.462 e. The van der Waals surface area contributed by atoms with Gasteiger partial charge in [0, 0.05) is 50.4 Å². The van der Waals surface area contributed by atoms with Crippen molar-refractivity contribution in [3.63, 3.8) is 0 Å². The standard InChI is InChI=1S/2C15H20O4/c2*1-8-6-13(18-9(2)16)11-7-14(17)19-12-5-3-4-10(8)15(11)12/h2*11-13,15H,3-7H2,1-2H3/t2*11-,12+,13+,15-/m11/s1. The van der Waals surface area contributed by atoms with Crippen LogP contribution in [0, 0.1) is 23.7 Å². The molecule has 208 valence electrons. The van der Waals surface area contributed by atoms with Crippen LogP contribution in [0.5, 0.6) is 0 Å². The van der Waals surface area contributed by atoms with E-state index in [0.29, 0.717) is 12.8 Å². The molecule has 0 aromatic carbocycles. The van der Waals surface area contributed by atoms with Gasteiger partial charge in [0.1, 0.15) is 24.4 Å². The minimum Gasteiger partial charge on any atom is -0.462 e. The van der Waals surface area contributed by atoms with E-state index in [1.807, 2.05) is 0 Å². The van der Waals surface area contributed by atoms with Crippen molar-refractivity contribution in [1.82, 2.24) is 0 Å². The van der Waals surface area contributed by atoms with E-state index in [0.717, 1.165) is 51.4 Å². The molecule has 0 bridgehead atoms. The van der Waals surface area contributed by atoms with Gasteiger partial charge in [-0.15, -0.1) is 0 Å². The fourth-order valence-corrected chi connectivity index (χ4v) is 8.11. The van der Waals surface area contributed by atoms with E-state index < -0.39 is 0 Å². The van der Waals surface area contributed by atoms with Gasteiger partial charge in [-0.25, -0.2) is 0 Å². The zero-order chi connectivity index (χ0) is 27.1. The van der Waals surface area contributed by atoms with Gasteiger partial charge in [0.25, 0.3) is 0 Å². The van der Waals surface area contributed by atoms with Crippen LogP contribution in [0.15, 0.2) is 22.3 Å². The maximum atomic E-state index is 11.8. The topological polar surface area (TPSA) is 105 Å². The lowest BCUT2D eigenvalue weighted by atomic mass is 9.64. The van der Waals surface area contributed by atoms with E-state index in [2.05, 4.69) is 13.8 Å². The minimum absolute atomic E-state index is 0.00306. The second-order valence-electron chi connectivity index (χ2n) is 11.9. The summed E-state index contributed by atoms with van der Waals surface area (Å²) in [6.07, 6.45) is 8.29. The predicted octanol–water partition coefficient (Wildman–Crippen LogP) is 4.74. The summed E-state index contributed by atoms with van der Waals surface area (Å²) in [5, 5.41) is 0. The van der Waals surface area contributed by atoms with Gasteiger partial charge in [0.2, 0.25) is 0 Å². The highest BCUT2D eigenvalue weighted by molar-refractivity contribution is 5.72. The molecule has 2 aliphatic heterocycles. The molecule has 6 aliphatic rings. The van der Waals surface area contributed by atoms with Gasteiger partial charge in [0.15, 0.2) is 0 Å². The number of hydrogen-bond acceptors (Lipinski definition) is 8. The van der Waals surface area contributed by atoms with Crippen LogP contribution >= 0.6 is 0 Å². The van der Waals surface area contributed by atoms with E-state index in [-0.39, 0.29) is 72.0 Å². The van der Waals surface area contributed by atoms with Crippen LogP contribution in [0.4, 0.5) is 0 Å². The van der Waals surface area contributed by atoms with Crippen molar-refractivity contribution in [2.45, 2.75) is 116 Å². The van der Waals surface area contributed by atoms with Crippen molar-refractivity contribution >= 4 is 23.9 Å². The first kappa shape index (κ1) is 26.9. The van der Waals surface area contributed by atoms with Crippen molar-refractivity contribution in [3.05, 3.63) is 22.3 Å². The van der Waals surface area contributed by atoms with Crippen LogP contribution in [0.3, 0.4) is 0 Å². The average molecular weight is 529 g/mol. The summed E-state index contributed by atoms with van der Waals surface area (Å²) in [5.74, 6) is 0.0194. The molecule has 2 saturated heterocycles. The highest BCUT2D eigenvalue weighted by atomic mass is 16.6. The summed E-state index contributed by atoms with van der Waals surface area (Å²) in [5.41, 5.74) is 5.57. The van der Waals surface area contributed by atoms with Crippen molar-refractivity contribution < 1.29 is 38.1 Å². The first-order chi connectivity index (χ1) is 18.1. The molecule has 4 aliphatic carbocycles. The molecule has 2 saturated carbocycles. The van der Waals surface area contributed by atoms with Crippen molar-refractivity contribution in [2.75, 3.05) is 0 Å². The van der Waals surface area contributed by atoms with Gasteiger partial charge in [-0.05, 0) is 52.4 Å². The molecule has 0 unspecified atom stereocenters. The fourth-order valence-electron chi connectivity index (χ4n) is 8.11. The van der Waals surface area contributed by atoms with Gasteiger partial charge in [-0.1, -0.05) is 22.3 Å². The third-order valence-corrected chi connectivity index (χ3v) is 9.47. The van der Waals surface area contributed by atoms with Gasteiger partial charge in [-0.2, -0.15) is 0 Å². The molecule has 0 N–H and O–H groups in total. The summed E-state index contributed by atoms with van der Waals surface area (Å²) in [7, 11) is 0. The zero-order valence-corrected chi connectivity index (χ0v) is 23.0. The number of ether oxygens (including phenoxy) is 4. The maximum Gasteiger partial charge on any atom is 0.306 e. The lowest BCUT2D eigenvalue weighted by molar-refractivity contribution is -0.175. The number of esters is 4. The van der Waals surface area contributed by atoms with Crippen molar-refractivity contribution in [2.24, 2.45) is 23.7 Å². The molecule has 2 heterocycles. The third-order valence-electron chi connectivity index (χ3n) is 9.47. The van der Waals surface area contributed by atoms with E-state index >= 15 is 0 Å². The molecule has 4 fully saturated rings. The lowest BCUT2D eigenvalue weighted by Gasteiger charge is -2.48. The molecule has 8 atom stereocenters. The van der Waals surface area contributed by atoms with E-state index in [4.69, 9.17) is 18.9 Å². The Labute approximate surface area is 224 Å². The summed E-state index contributed by atoms with van der Waals surface area (Å²) in [4.78, 5) is 46.0. The van der Waals surface area contributed by atoms with E-state index in [9.17, 15) is 19.2 Å². The van der Waals surface area contributed by atoms with Crippen LogP contribution in [-0.4, -0.2) is 48.3 Å². The molecule has 0 spiro atoms. The van der Waals surface area contributed by atoms with Crippen LogP contribution in [0.2, 0.25) is 0 Å². The molecular weight excluding hydrogens is 488 g/mol. The Morgan fingerprint density at radius 3 is 1.45 bits per heavy atom. The monoisotopic (exact) mass is 528 g/mol. The molecule has 0 amide bonds. The zero-order valence-electron chi connectivity index (χ0n) is 23.0. The Balaban J connectivity index is 0.000000155. The Morgan fingerprint density at radius 1 is 0.684 bits per heavy atom. The first-order valence-corrected chi connectivity index (χ1v) is 14.2. The summed E-state index contributed by atoms with van der Waals surface area (Å²) in [6.45, 7) is 7.13. The van der Waals surface area contributed by atoms with Crippen LogP contribution in [-0.2, 0) is 38.1 Å². The summed E-state index contributed by atoms with van der Waals surface area (Å²) < 4.78 is 22.0. The first-order valence-electron chi connectivity index (χ1n) is 14.2. The Kier molecular flexibility index (Phi) is 7.70. The molecule has 0 aromatic heterocycles. The maximum absolute atomic E-state index is 11.8. The molecule has 8 heteroatoms. The molecule has 0 radical (unpaired) electrons. The van der Waals surface area contributed by atoms with E-state index in [1.165, 1.54) is 36.1 Å². The molecule has 0 aromatic rings. The van der Waals surface area contributed by atoms with Crippen LogP contribution in [0.25, 0.3) is 0 Å². The smallest absolute Gasteiger partial charge is 0.306 e. The SMILES string of the molecule is CC(=O)O[C@H]1CC(C)=C2CCC[C@@H]3OC(=O)C[C@H]1[C@@H]23.CC(=O)O[C@H]1CC(C)=C2CCC[C@@H]3OC(=O)C[C@H]1[C@@H]23.